The van der Waals surface area contributed by atoms with Crippen LogP contribution in [0.3, 0.4) is 0 Å². The molecule has 1 amide bonds. The van der Waals surface area contributed by atoms with Gasteiger partial charge in [0.05, 0.1) is 22.3 Å². The van der Waals surface area contributed by atoms with Crippen LogP contribution in [0.2, 0.25) is 0 Å². The summed E-state index contributed by atoms with van der Waals surface area (Å²) >= 11 is 1.62. The van der Waals surface area contributed by atoms with E-state index in [0.717, 1.165) is 15.2 Å². The first kappa shape index (κ1) is 17.9. The Morgan fingerprint density at radius 3 is 2.88 bits per heavy atom. The molecule has 0 atom stereocenters. The average Bonchev–Trinajstić information content (AvgIpc) is 3.24. The summed E-state index contributed by atoms with van der Waals surface area (Å²) in [6, 6.07) is 7.14. The average molecular weight is 375 g/mol. The number of aryl methyl sites for hydroxylation is 1. The van der Waals surface area contributed by atoms with Crippen LogP contribution in [0.4, 0.5) is 0 Å². The zero-order valence-electron chi connectivity index (χ0n) is 14.5. The maximum absolute atomic E-state index is 12.2. The molecular weight excluding hydrogens is 358 g/mol. The van der Waals surface area contributed by atoms with Gasteiger partial charge in [0, 0.05) is 19.2 Å². The molecule has 0 aliphatic heterocycles. The van der Waals surface area contributed by atoms with Crippen molar-refractivity contribution in [3.8, 4) is 5.75 Å². The summed E-state index contributed by atoms with van der Waals surface area (Å²) in [5.41, 5.74) is 0.975. The van der Waals surface area contributed by atoms with E-state index < -0.39 is 11.9 Å². The van der Waals surface area contributed by atoms with Gasteiger partial charge >= 0.3 is 5.97 Å². The van der Waals surface area contributed by atoms with Crippen LogP contribution in [0.5, 0.6) is 5.75 Å². The van der Waals surface area contributed by atoms with Crippen molar-refractivity contribution in [3.05, 3.63) is 40.7 Å². The van der Waals surface area contributed by atoms with Gasteiger partial charge in [0.1, 0.15) is 18.9 Å². The van der Waals surface area contributed by atoms with E-state index >= 15 is 0 Å². The number of benzene rings is 1. The number of rotatable bonds is 6. The number of carbonyl (C=O) groups excluding carboxylic acids is 2. The number of hydrogen-bond donors (Lipinski definition) is 0. The molecule has 0 saturated carbocycles. The van der Waals surface area contributed by atoms with E-state index in [9.17, 15) is 9.59 Å². The second-order valence-corrected chi connectivity index (χ2v) is 6.80. The van der Waals surface area contributed by atoms with Gasteiger partial charge in [-0.1, -0.05) is 5.16 Å². The number of aromatic nitrogens is 2. The Morgan fingerprint density at radius 1 is 1.31 bits per heavy atom. The molecule has 2 aromatic heterocycles. The molecule has 3 aromatic rings. The van der Waals surface area contributed by atoms with Crippen molar-refractivity contribution >= 4 is 33.4 Å². The minimum atomic E-state index is -0.513. The predicted molar refractivity (Wildman–Crippen MR) is 94.2 cm³/mol. The number of fused-ring (bicyclic) bond motifs is 1. The summed E-state index contributed by atoms with van der Waals surface area (Å²) in [6.45, 7) is 1.91. The third-order valence-corrected chi connectivity index (χ3v) is 4.52. The molecule has 0 N–H and O–H groups in total. The van der Waals surface area contributed by atoms with Crippen LogP contribution in [-0.4, -0.2) is 47.6 Å². The molecule has 8 nitrogen and oxygen atoms in total. The van der Waals surface area contributed by atoms with E-state index in [1.54, 1.807) is 11.3 Å². The first-order valence-corrected chi connectivity index (χ1v) is 8.56. The highest BCUT2D eigenvalue weighted by Gasteiger charge is 2.19. The molecular formula is C17H17N3O5S. The van der Waals surface area contributed by atoms with Crippen molar-refractivity contribution in [2.75, 3.05) is 20.7 Å². The molecule has 26 heavy (non-hydrogen) atoms. The Kier molecular flexibility index (Phi) is 5.17. The minimum Gasteiger partial charge on any atom is -0.485 e. The fourth-order valence-electron chi connectivity index (χ4n) is 2.27. The largest absolute Gasteiger partial charge is 0.485 e. The molecule has 0 unspecified atom stereocenters. The third kappa shape index (κ3) is 3.99. The maximum atomic E-state index is 12.2. The van der Waals surface area contributed by atoms with E-state index in [0.29, 0.717) is 11.5 Å². The molecule has 3 rings (SSSR count). The standard InChI is InChI=1S/C17H17N3O5S/c1-10-18-13-6-11(4-5-15(13)26-10)24-9-12-7-14(19-25-12)17(22)20(2)8-16(21)23-3/h4-7H,8-9H2,1-3H3. The summed E-state index contributed by atoms with van der Waals surface area (Å²) in [7, 11) is 2.74. The second-order valence-electron chi connectivity index (χ2n) is 5.57. The second kappa shape index (κ2) is 7.52. The van der Waals surface area contributed by atoms with Crippen molar-refractivity contribution in [3.63, 3.8) is 0 Å². The highest BCUT2D eigenvalue weighted by molar-refractivity contribution is 7.18. The lowest BCUT2D eigenvalue weighted by molar-refractivity contribution is -0.141. The lowest BCUT2D eigenvalue weighted by Gasteiger charge is -2.13. The Labute approximate surface area is 153 Å². The normalized spacial score (nSPS) is 10.7. The molecule has 2 heterocycles. The van der Waals surface area contributed by atoms with E-state index in [2.05, 4.69) is 14.9 Å². The van der Waals surface area contributed by atoms with Crippen molar-refractivity contribution in [2.24, 2.45) is 0 Å². The van der Waals surface area contributed by atoms with Gasteiger partial charge in [-0.3, -0.25) is 9.59 Å². The first-order chi connectivity index (χ1) is 12.5. The van der Waals surface area contributed by atoms with E-state index in [-0.39, 0.29) is 18.8 Å². The molecule has 1 aromatic carbocycles. The lowest BCUT2D eigenvalue weighted by atomic mass is 10.3. The monoisotopic (exact) mass is 375 g/mol. The Balaban J connectivity index is 1.62. The van der Waals surface area contributed by atoms with Crippen LogP contribution >= 0.6 is 11.3 Å². The minimum absolute atomic E-state index is 0.0978. The Morgan fingerprint density at radius 2 is 2.12 bits per heavy atom. The van der Waals surface area contributed by atoms with Gasteiger partial charge < -0.3 is 18.9 Å². The van der Waals surface area contributed by atoms with Crippen LogP contribution < -0.4 is 4.74 Å². The van der Waals surface area contributed by atoms with Gasteiger partial charge in [-0.05, 0) is 19.1 Å². The number of ether oxygens (including phenoxy) is 2. The molecule has 0 radical (unpaired) electrons. The van der Waals surface area contributed by atoms with Crippen LogP contribution in [-0.2, 0) is 16.1 Å². The molecule has 0 saturated heterocycles. The van der Waals surface area contributed by atoms with Crippen LogP contribution in [0, 0.1) is 6.92 Å². The summed E-state index contributed by atoms with van der Waals surface area (Å²) in [4.78, 5) is 29.0. The van der Waals surface area contributed by atoms with Crippen molar-refractivity contribution < 1.29 is 23.6 Å². The van der Waals surface area contributed by atoms with Gasteiger partial charge in [0.2, 0.25) is 0 Å². The predicted octanol–water partition coefficient (Wildman–Crippen LogP) is 2.42. The van der Waals surface area contributed by atoms with Crippen LogP contribution in [0.15, 0.2) is 28.8 Å². The molecule has 0 aliphatic carbocycles. The maximum Gasteiger partial charge on any atom is 0.325 e. The molecule has 0 fully saturated rings. The Hall–Kier alpha value is -2.94. The van der Waals surface area contributed by atoms with E-state index in [1.807, 2.05) is 25.1 Å². The summed E-state index contributed by atoms with van der Waals surface area (Å²) < 4.78 is 16.4. The topological polar surface area (TPSA) is 94.8 Å². The van der Waals surface area contributed by atoms with Crippen LogP contribution in [0.25, 0.3) is 10.2 Å². The van der Waals surface area contributed by atoms with Crippen molar-refractivity contribution in [1.82, 2.24) is 15.0 Å². The number of nitrogens with zero attached hydrogens (tertiary/aromatic N) is 3. The van der Waals surface area contributed by atoms with Gasteiger partial charge in [0.25, 0.3) is 5.91 Å². The number of hydrogen-bond acceptors (Lipinski definition) is 8. The number of likely N-dealkylation sites (N-methyl/N-ethyl adjacent to an activating group) is 1. The SMILES string of the molecule is COC(=O)CN(C)C(=O)c1cc(COc2ccc3sc(C)nc3c2)on1. The molecule has 0 spiro atoms. The highest BCUT2D eigenvalue weighted by atomic mass is 32.1. The zero-order chi connectivity index (χ0) is 18.7. The van der Waals surface area contributed by atoms with Crippen LogP contribution in [0.1, 0.15) is 21.3 Å². The van der Waals surface area contributed by atoms with Gasteiger partial charge in [-0.25, -0.2) is 4.98 Å². The van der Waals surface area contributed by atoms with E-state index in [1.165, 1.54) is 25.1 Å². The Bertz CT molecular complexity index is 949. The number of esters is 1. The smallest absolute Gasteiger partial charge is 0.325 e. The van der Waals surface area contributed by atoms with Gasteiger partial charge in [0.15, 0.2) is 11.5 Å². The number of carbonyl (C=O) groups is 2. The van der Waals surface area contributed by atoms with Crippen molar-refractivity contribution in [1.29, 1.82) is 0 Å². The molecule has 0 aliphatic rings. The summed E-state index contributed by atoms with van der Waals surface area (Å²) in [6.07, 6.45) is 0. The zero-order valence-corrected chi connectivity index (χ0v) is 15.3. The quantitative estimate of drug-likeness (QED) is 0.611. The third-order valence-electron chi connectivity index (χ3n) is 3.57. The highest BCUT2D eigenvalue weighted by Crippen LogP contribution is 2.26. The number of amides is 1. The molecule has 0 bridgehead atoms. The molecule has 136 valence electrons. The number of thiazole rings is 1. The summed E-state index contributed by atoms with van der Waals surface area (Å²) in [5, 5.41) is 4.72. The van der Waals surface area contributed by atoms with Gasteiger partial charge in [-0.2, -0.15) is 0 Å². The fourth-order valence-corrected chi connectivity index (χ4v) is 3.08. The molecule has 9 heteroatoms. The fraction of sp³-hybridized carbons (Fsp3) is 0.294. The lowest BCUT2D eigenvalue weighted by Crippen LogP contribution is -2.32. The number of methoxy groups -OCH3 is 1. The summed E-state index contributed by atoms with van der Waals surface area (Å²) in [5.74, 6) is 0.0922. The van der Waals surface area contributed by atoms with Crippen molar-refractivity contribution in [2.45, 2.75) is 13.5 Å². The van der Waals surface area contributed by atoms with E-state index in [4.69, 9.17) is 9.26 Å². The first-order valence-electron chi connectivity index (χ1n) is 7.74. The van der Waals surface area contributed by atoms with Gasteiger partial charge in [-0.15, -0.1) is 11.3 Å².